The second-order valence-corrected chi connectivity index (χ2v) is 8.07. The number of carbonyl (C=O) groups is 1. The van der Waals surface area contributed by atoms with Crippen molar-refractivity contribution >= 4 is 5.78 Å². The number of hydrogen-bond donors (Lipinski definition) is 0. The van der Waals surface area contributed by atoms with E-state index in [9.17, 15) is 4.79 Å². The first-order valence-corrected chi connectivity index (χ1v) is 9.01. The maximum absolute atomic E-state index is 11.8. The highest BCUT2D eigenvalue weighted by atomic mass is 16.1. The first-order chi connectivity index (χ1) is 10.1. The van der Waals surface area contributed by atoms with Crippen LogP contribution in [0.4, 0.5) is 0 Å². The van der Waals surface area contributed by atoms with Gasteiger partial charge in [-0.25, -0.2) is 0 Å². The summed E-state index contributed by atoms with van der Waals surface area (Å²) in [5.41, 5.74) is 5.53. The highest BCUT2D eigenvalue weighted by molar-refractivity contribution is 5.82. The molecule has 0 N–H and O–H groups in total. The molecule has 4 rings (SSSR count). The van der Waals surface area contributed by atoms with Gasteiger partial charge in [0.25, 0.3) is 0 Å². The van der Waals surface area contributed by atoms with Crippen LogP contribution in [0.15, 0.2) is 22.8 Å². The van der Waals surface area contributed by atoms with Gasteiger partial charge in [0.15, 0.2) is 0 Å². The molecule has 114 valence electrons. The summed E-state index contributed by atoms with van der Waals surface area (Å²) in [6, 6.07) is 0. The standard InChI is InChI=1S/C20H28O/c1-3-14-5-9-19-18-7-4-13-12-15(21)6-8-16(13)17(18)10-11-20(14,19)2/h3,17-19H,4-12H2,1-2H3/b14-3-. The fraction of sp³-hybridized carbons (Fsp3) is 0.750. The summed E-state index contributed by atoms with van der Waals surface area (Å²) >= 11 is 0. The lowest BCUT2D eigenvalue weighted by atomic mass is 9.54. The second kappa shape index (κ2) is 4.83. The van der Waals surface area contributed by atoms with Crippen LogP contribution in [0.2, 0.25) is 0 Å². The van der Waals surface area contributed by atoms with Gasteiger partial charge < -0.3 is 0 Å². The molecule has 2 fully saturated rings. The lowest BCUT2D eigenvalue weighted by molar-refractivity contribution is -0.119. The SMILES string of the molecule is C/C=C1/CCC2C3CCC4=C(CCC(=O)C4)C3CCC12C. The molecule has 0 aromatic heterocycles. The second-order valence-electron chi connectivity index (χ2n) is 8.07. The van der Waals surface area contributed by atoms with E-state index in [0.717, 1.165) is 37.0 Å². The Bertz CT molecular complexity index is 538. The molecule has 4 atom stereocenters. The van der Waals surface area contributed by atoms with Crippen molar-refractivity contribution in [2.75, 3.05) is 0 Å². The highest BCUT2D eigenvalue weighted by Crippen LogP contribution is 2.62. The van der Waals surface area contributed by atoms with Crippen LogP contribution in [0.5, 0.6) is 0 Å². The Morgan fingerprint density at radius 3 is 2.76 bits per heavy atom. The number of Topliss-reactive ketones (excluding diaryl/α,β-unsaturated/α-hetero) is 1. The zero-order valence-corrected chi connectivity index (χ0v) is 13.6. The molecule has 0 heterocycles. The van der Waals surface area contributed by atoms with Gasteiger partial charge >= 0.3 is 0 Å². The molecule has 4 aliphatic carbocycles. The van der Waals surface area contributed by atoms with E-state index in [4.69, 9.17) is 0 Å². The van der Waals surface area contributed by atoms with E-state index in [1.165, 1.54) is 38.5 Å². The third kappa shape index (κ3) is 1.92. The lowest BCUT2D eigenvalue weighted by Gasteiger charge is -2.51. The van der Waals surface area contributed by atoms with Crippen molar-refractivity contribution in [1.82, 2.24) is 0 Å². The van der Waals surface area contributed by atoms with Crippen LogP contribution in [0.25, 0.3) is 0 Å². The quantitative estimate of drug-likeness (QED) is 0.557. The van der Waals surface area contributed by atoms with Gasteiger partial charge in [0.05, 0.1) is 0 Å². The number of rotatable bonds is 0. The Hall–Kier alpha value is -0.850. The fourth-order valence-electron chi connectivity index (χ4n) is 6.37. The van der Waals surface area contributed by atoms with E-state index >= 15 is 0 Å². The van der Waals surface area contributed by atoms with E-state index in [1.54, 1.807) is 16.7 Å². The molecule has 0 bridgehead atoms. The molecule has 0 saturated heterocycles. The molecule has 0 amide bonds. The summed E-state index contributed by atoms with van der Waals surface area (Å²) in [6.45, 7) is 4.79. The molecule has 1 heteroatoms. The maximum Gasteiger partial charge on any atom is 0.137 e. The molecular formula is C20H28O. The molecule has 0 aliphatic heterocycles. The molecule has 0 aromatic rings. The average Bonchev–Trinajstić information content (AvgIpc) is 2.83. The Morgan fingerprint density at radius 1 is 1.10 bits per heavy atom. The highest BCUT2D eigenvalue weighted by Gasteiger charge is 2.52. The van der Waals surface area contributed by atoms with Crippen molar-refractivity contribution in [3.8, 4) is 0 Å². The van der Waals surface area contributed by atoms with Crippen LogP contribution in [0.3, 0.4) is 0 Å². The van der Waals surface area contributed by atoms with Gasteiger partial charge in [-0.15, -0.1) is 0 Å². The van der Waals surface area contributed by atoms with Crippen LogP contribution in [0, 0.1) is 23.2 Å². The van der Waals surface area contributed by atoms with Gasteiger partial charge in [-0.05, 0) is 75.0 Å². The topological polar surface area (TPSA) is 17.1 Å². The Labute approximate surface area is 128 Å². The van der Waals surface area contributed by atoms with Crippen LogP contribution in [0.1, 0.15) is 71.6 Å². The number of fused-ring (bicyclic) bond motifs is 4. The largest absolute Gasteiger partial charge is 0.299 e. The minimum absolute atomic E-state index is 0.491. The van der Waals surface area contributed by atoms with Gasteiger partial charge in [0.2, 0.25) is 0 Å². The predicted octanol–water partition coefficient (Wildman–Crippen LogP) is 5.22. The molecule has 0 aromatic carbocycles. The van der Waals surface area contributed by atoms with Crippen LogP contribution >= 0.6 is 0 Å². The van der Waals surface area contributed by atoms with Crippen molar-refractivity contribution in [2.24, 2.45) is 23.2 Å². The summed E-state index contributed by atoms with van der Waals surface area (Å²) in [4.78, 5) is 11.8. The van der Waals surface area contributed by atoms with Crippen LogP contribution in [-0.2, 0) is 4.79 Å². The van der Waals surface area contributed by atoms with Crippen molar-refractivity contribution in [2.45, 2.75) is 71.6 Å². The molecular weight excluding hydrogens is 256 g/mol. The van der Waals surface area contributed by atoms with E-state index in [1.807, 2.05) is 0 Å². The minimum atomic E-state index is 0.491. The number of hydrogen-bond acceptors (Lipinski definition) is 1. The first kappa shape index (κ1) is 13.8. The van der Waals surface area contributed by atoms with E-state index in [-0.39, 0.29) is 0 Å². The first-order valence-electron chi connectivity index (χ1n) is 9.01. The van der Waals surface area contributed by atoms with Crippen molar-refractivity contribution in [3.05, 3.63) is 22.8 Å². The third-order valence-electron chi connectivity index (χ3n) is 7.40. The zero-order valence-electron chi connectivity index (χ0n) is 13.6. The van der Waals surface area contributed by atoms with E-state index in [0.29, 0.717) is 11.2 Å². The summed E-state index contributed by atoms with van der Waals surface area (Å²) in [5.74, 6) is 3.14. The maximum atomic E-state index is 11.8. The van der Waals surface area contributed by atoms with Gasteiger partial charge in [0.1, 0.15) is 5.78 Å². The molecule has 2 saturated carbocycles. The summed E-state index contributed by atoms with van der Waals surface area (Å²) in [5, 5.41) is 0. The van der Waals surface area contributed by atoms with Gasteiger partial charge in [-0.3, -0.25) is 4.79 Å². The molecule has 21 heavy (non-hydrogen) atoms. The third-order valence-corrected chi connectivity index (χ3v) is 7.40. The van der Waals surface area contributed by atoms with Gasteiger partial charge in [-0.2, -0.15) is 0 Å². The van der Waals surface area contributed by atoms with Crippen LogP contribution < -0.4 is 0 Å². The molecule has 1 nitrogen and oxygen atoms in total. The smallest absolute Gasteiger partial charge is 0.137 e. The summed E-state index contributed by atoms with van der Waals surface area (Å²) in [7, 11) is 0. The van der Waals surface area contributed by atoms with Crippen molar-refractivity contribution < 1.29 is 4.79 Å². The molecule has 0 radical (unpaired) electrons. The van der Waals surface area contributed by atoms with E-state index in [2.05, 4.69) is 19.9 Å². The number of carbonyl (C=O) groups excluding carboxylic acids is 1. The summed E-state index contributed by atoms with van der Waals surface area (Å²) in [6.07, 6.45) is 13.2. The predicted molar refractivity (Wildman–Crippen MR) is 85.9 cm³/mol. The van der Waals surface area contributed by atoms with Crippen molar-refractivity contribution in [3.63, 3.8) is 0 Å². The Balaban J connectivity index is 1.66. The number of allylic oxidation sites excluding steroid dienone is 4. The number of ketones is 1. The monoisotopic (exact) mass is 284 g/mol. The van der Waals surface area contributed by atoms with Crippen LogP contribution in [-0.4, -0.2) is 5.78 Å². The van der Waals surface area contributed by atoms with Gasteiger partial charge in [0, 0.05) is 12.8 Å². The summed E-state index contributed by atoms with van der Waals surface area (Å²) < 4.78 is 0. The minimum Gasteiger partial charge on any atom is -0.299 e. The average molecular weight is 284 g/mol. The lowest BCUT2D eigenvalue weighted by Crippen LogP contribution is -2.42. The Kier molecular flexibility index (Phi) is 3.17. The zero-order chi connectivity index (χ0) is 14.6. The van der Waals surface area contributed by atoms with Gasteiger partial charge in [-0.1, -0.05) is 29.7 Å². The molecule has 0 spiro atoms. The fourth-order valence-corrected chi connectivity index (χ4v) is 6.37. The molecule has 4 aliphatic rings. The normalized spacial score (nSPS) is 44.6. The van der Waals surface area contributed by atoms with E-state index < -0.39 is 0 Å². The Morgan fingerprint density at radius 2 is 1.95 bits per heavy atom. The van der Waals surface area contributed by atoms with Crippen molar-refractivity contribution in [1.29, 1.82) is 0 Å². The molecule has 4 unspecified atom stereocenters.